The Labute approximate surface area is 147 Å². The molecule has 3 rings (SSSR count). The molecule has 0 atom stereocenters. The summed E-state index contributed by atoms with van der Waals surface area (Å²) in [5.74, 6) is 0.533. The first-order chi connectivity index (χ1) is 11.7. The number of halogens is 1. The lowest BCUT2D eigenvalue weighted by Crippen LogP contribution is -2.41. The van der Waals surface area contributed by atoms with Gasteiger partial charge >= 0.3 is 7.12 Å². The molecule has 1 saturated heterocycles. The van der Waals surface area contributed by atoms with Gasteiger partial charge in [-0.25, -0.2) is 9.37 Å². The molecule has 0 radical (unpaired) electrons. The predicted molar refractivity (Wildman–Crippen MR) is 91.4 cm³/mol. The third-order valence-electron chi connectivity index (χ3n) is 5.22. The van der Waals surface area contributed by atoms with Crippen molar-refractivity contribution in [2.75, 3.05) is 6.61 Å². The quantitative estimate of drug-likeness (QED) is 0.781. The first-order valence-electron chi connectivity index (χ1n) is 8.44. The molecule has 1 saturated carbocycles. The highest BCUT2D eigenvalue weighted by molar-refractivity contribution is 6.53. The third kappa shape index (κ3) is 3.42. The number of rotatable bonds is 4. The van der Waals surface area contributed by atoms with E-state index in [0.29, 0.717) is 36.5 Å². The van der Waals surface area contributed by atoms with Crippen LogP contribution in [-0.4, -0.2) is 29.9 Å². The Morgan fingerprint density at radius 1 is 1.36 bits per heavy atom. The van der Waals surface area contributed by atoms with Gasteiger partial charge in [-0.15, -0.1) is 0 Å². The molecule has 25 heavy (non-hydrogen) atoms. The average molecular weight is 344 g/mol. The SMILES string of the molecule is CC1(C)OB(C(F)=C2CC(COc3ncccc3C#N)C2)OC1(C)C. The standard InChI is InChI=1S/C18H22BFN2O3/c1-17(2)18(3,4)25-19(24-17)15(20)14-8-12(9-14)11-23-16-13(10-21)6-5-7-22-16/h5-7,12H,8-9,11H2,1-4H3. The highest BCUT2D eigenvalue weighted by atomic mass is 19.1. The molecule has 1 aromatic rings. The van der Waals surface area contributed by atoms with Crippen molar-refractivity contribution in [3.05, 3.63) is 35.2 Å². The number of aromatic nitrogens is 1. The van der Waals surface area contributed by atoms with E-state index in [1.54, 1.807) is 18.3 Å². The summed E-state index contributed by atoms with van der Waals surface area (Å²) in [7, 11) is -0.928. The van der Waals surface area contributed by atoms with E-state index in [2.05, 4.69) is 4.98 Å². The van der Waals surface area contributed by atoms with Crippen molar-refractivity contribution in [2.24, 2.45) is 5.92 Å². The largest absolute Gasteiger partial charge is 0.525 e. The molecular formula is C18H22BFN2O3. The van der Waals surface area contributed by atoms with Crippen molar-refractivity contribution < 1.29 is 18.4 Å². The molecule has 0 aromatic carbocycles. The van der Waals surface area contributed by atoms with E-state index in [0.717, 1.165) is 0 Å². The monoisotopic (exact) mass is 344 g/mol. The molecule has 132 valence electrons. The number of hydrogen-bond donors (Lipinski definition) is 0. The molecule has 7 heteroatoms. The molecule has 1 aromatic heterocycles. The minimum atomic E-state index is -0.928. The van der Waals surface area contributed by atoms with E-state index in [-0.39, 0.29) is 11.6 Å². The van der Waals surface area contributed by atoms with Crippen LogP contribution in [-0.2, 0) is 9.31 Å². The fourth-order valence-corrected chi connectivity index (χ4v) is 2.85. The fraction of sp³-hybridized carbons (Fsp3) is 0.556. The number of nitrogens with zero attached hydrogens (tertiary/aromatic N) is 2. The number of pyridine rings is 1. The zero-order valence-corrected chi connectivity index (χ0v) is 15.0. The van der Waals surface area contributed by atoms with Crippen molar-refractivity contribution in [3.8, 4) is 11.9 Å². The van der Waals surface area contributed by atoms with Crippen LogP contribution in [0.25, 0.3) is 0 Å². The summed E-state index contributed by atoms with van der Waals surface area (Å²) >= 11 is 0. The van der Waals surface area contributed by atoms with E-state index >= 15 is 0 Å². The number of nitriles is 1. The van der Waals surface area contributed by atoms with Gasteiger partial charge in [0.05, 0.1) is 17.8 Å². The van der Waals surface area contributed by atoms with Gasteiger partial charge in [0.2, 0.25) is 5.88 Å². The lowest BCUT2D eigenvalue weighted by atomic mass is 9.73. The normalized spacial score (nSPS) is 23.8. The molecule has 1 aliphatic heterocycles. The molecule has 2 aliphatic rings. The minimum Gasteiger partial charge on any atom is -0.476 e. The maximum atomic E-state index is 14.6. The van der Waals surface area contributed by atoms with Gasteiger partial charge in [0.25, 0.3) is 0 Å². The smallest absolute Gasteiger partial charge is 0.476 e. The molecule has 2 fully saturated rings. The van der Waals surface area contributed by atoms with Crippen LogP contribution in [0.3, 0.4) is 0 Å². The molecule has 0 bridgehead atoms. The molecule has 0 N–H and O–H groups in total. The Morgan fingerprint density at radius 2 is 2.00 bits per heavy atom. The maximum absolute atomic E-state index is 14.6. The molecule has 0 spiro atoms. The zero-order chi connectivity index (χ0) is 18.2. The molecule has 5 nitrogen and oxygen atoms in total. The second kappa shape index (κ2) is 6.43. The molecule has 1 aliphatic carbocycles. The highest BCUT2D eigenvalue weighted by Gasteiger charge is 2.54. The van der Waals surface area contributed by atoms with E-state index < -0.39 is 18.3 Å². The number of allylic oxidation sites excluding steroid dienone is 1. The van der Waals surface area contributed by atoms with Gasteiger partial charge in [0, 0.05) is 12.1 Å². The van der Waals surface area contributed by atoms with Crippen LogP contribution in [0.2, 0.25) is 0 Å². The zero-order valence-electron chi connectivity index (χ0n) is 15.0. The van der Waals surface area contributed by atoms with Crippen molar-refractivity contribution in [1.82, 2.24) is 4.98 Å². The van der Waals surface area contributed by atoms with E-state index in [4.69, 9.17) is 19.3 Å². The van der Waals surface area contributed by atoms with Gasteiger partial charge in [-0.2, -0.15) is 5.26 Å². The Hall–Kier alpha value is -1.91. The summed E-state index contributed by atoms with van der Waals surface area (Å²) < 4.78 is 31.7. The summed E-state index contributed by atoms with van der Waals surface area (Å²) in [6, 6.07) is 5.39. The third-order valence-corrected chi connectivity index (χ3v) is 5.22. The van der Waals surface area contributed by atoms with E-state index in [9.17, 15) is 4.39 Å². The van der Waals surface area contributed by atoms with Crippen LogP contribution in [0, 0.1) is 17.2 Å². The Kier molecular flexibility index (Phi) is 4.61. The van der Waals surface area contributed by atoms with Crippen LogP contribution in [0.1, 0.15) is 46.1 Å². The summed E-state index contributed by atoms with van der Waals surface area (Å²) in [6.45, 7) is 8.03. The number of ether oxygens (including phenoxy) is 1. The average Bonchev–Trinajstić information content (AvgIpc) is 2.74. The second-order valence-electron chi connectivity index (χ2n) is 7.59. The van der Waals surface area contributed by atoms with Gasteiger partial charge in [0.1, 0.15) is 17.4 Å². The van der Waals surface area contributed by atoms with Gasteiger partial charge < -0.3 is 14.0 Å². The van der Waals surface area contributed by atoms with Gasteiger partial charge in [0.15, 0.2) is 0 Å². The van der Waals surface area contributed by atoms with Crippen LogP contribution in [0.5, 0.6) is 5.88 Å². The Morgan fingerprint density at radius 3 is 2.60 bits per heavy atom. The highest BCUT2D eigenvalue weighted by Crippen LogP contribution is 2.43. The first kappa shape index (κ1) is 17.9. The van der Waals surface area contributed by atoms with E-state index in [1.165, 1.54) is 0 Å². The second-order valence-corrected chi connectivity index (χ2v) is 7.59. The number of hydrogen-bond acceptors (Lipinski definition) is 5. The van der Waals surface area contributed by atoms with Crippen molar-refractivity contribution >= 4 is 7.12 Å². The first-order valence-corrected chi connectivity index (χ1v) is 8.44. The molecule has 0 unspecified atom stereocenters. The van der Waals surface area contributed by atoms with Crippen LogP contribution >= 0.6 is 0 Å². The maximum Gasteiger partial charge on any atom is 0.525 e. The van der Waals surface area contributed by atoms with Crippen molar-refractivity contribution in [1.29, 1.82) is 5.26 Å². The lowest BCUT2D eigenvalue weighted by Gasteiger charge is -2.32. The predicted octanol–water partition coefficient (Wildman–Crippen LogP) is 3.60. The minimum absolute atomic E-state index is 0.205. The van der Waals surface area contributed by atoms with E-state index in [1.807, 2.05) is 33.8 Å². The lowest BCUT2D eigenvalue weighted by molar-refractivity contribution is 0.00578. The molecule has 2 heterocycles. The topological polar surface area (TPSA) is 64.4 Å². The van der Waals surface area contributed by atoms with Crippen LogP contribution < -0.4 is 4.74 Å². The van der Waals surface area contributed by atoms with Gasteiger partial charge in [-0.1, -0.05) is 0 Å². The van der Waals surface area contributed by atoms with Gasteiger partial charge in [-0.05, 0) is 58.2 Å². The summed E-state index contributed by atoms with van der Waals surface area (Å²) in [4.78, 5) is 4.06. The van der Waals surface area contributed by atoms with Crippen LogP contribution in [0.15, 0.2) is 29.6 Å². The van der Waals surface area contributed by atoms with Crippen molar-refractivity contribution in [3.63, 3.8) is 0 Å². The summed E-state index contributed by atoms with van der Waals surface area (Å²) in [5, 5.41) is 9.02. The van der Waals surface area contributed by atoms with Crippen molar-refractivity contribution in [2.45, 2.75) is 51.7 Å². The Bertz CT molecular complexity index is 718. The summed E-state index contributed by atoms with van der Waals surface area (Å²) in [5.41, 5.74) is -0.289. The summed E-state index contributed by atoms with van der Waals surface area (Å²) in [6.07, 6.45) is 2.79. The Balaban J connectivity index is 1.55. The van der Waals surface area contributed by atoms with Crippen LogP contribution in [0.4, 0.5) is 4.39 Å². The molecular weight excluding hydrogens is 322 g/mol. The fourth-order valence-electron chi connectivity index (χ4n) is 2.85. The molecule has 0 amide bonds. The van der Waals surface area contributed by atoms with Gasteiger partial charge in [-0.3, -0.25) is 0 Å².